The van der Waals surface area contributed by atoms with Crippen LogP contribution in [0.1, 0.15) is 38.3 Å². The number of hydrogen-bond donors (Lipinski definition) is 1. The van der Waals surface area contributed by atoms with Gasteiger partial charge < -0.3 is 10.1 Å². The molecule has 1 heterocycles. The summed E-state index contributed by atoms with van der Waals surface area (Å²) in [5.41, 5.74) is 0.0299. The molecule has 1 saturated heterocycles. The van der Waals surface area contributed by atoms with Crippen LogP contribution in [0.25, 0.3) is 0 Å². The van der Waals surface area contributed by atoms with Gasteiger partial charge in [0.25, 0.3) is 15.0 Å². The van der Waals surface area contributed by atoms with Gasteiger partial charge >= 0.3 is 0 Å². The van der Waals surface area contributed by atoms with E-state index in [0.717, 1.165) is 12.0 Å². The zero-order valence-corrected chi connectivity index (χ0v) is 13.5. The molecule has 1 aromatic rings. The SMILES string of the molecule is CC(NC(=O)C1(C)CCCO1)c1ccc(S(=O)(=O)Cl)cc1. The Kier molecular flexibility index (Phi) is 4.60. The Morgan fingerprint density at radius 3 is 2.48 bits per heavy atom. The average Bonchev–Trinajstić information content (AvgIpc) is 2.86. The zero-order valence-electron chi connectivity index (χ0n) is 11.9. The van der Waals surface area contributed by atoms with Gasteiger partial charge in [0.05, 0.1) is 10.9 Å². The number of amides is 1. The number of carbonyl (C=O) groups excluding carboxylic acids is 1. The lowest BCUT2D eigenvalue weighted by Crippen LogP contribution is -2.44. The van der Waals surface area contributed by atoms with Gasteiger partial charge in [-0.05, 0) is 44.4 Å². The molecule has 0 aromatic heterocycles. The van der Waals surface area contributed by atoms with Crippen molar-refractivity contribution in [2.45, 2.75) is 43.2 Å². The number of halogens is 1. The molecular formula is C14H18ClNO4S. The van der Waals surface area contributed by atoms with Crippen molar-refractivity contribution in [2.75, 3.05) is 6.61 Å². The molecule has 2 rings (SSSR count). The highest BCUT2D eigenvalue weighted by molar-refractivity contribution is 8.13. The van der Waals surface area contributed by atoms with Gasteiger partial charge in [-0.25, -0.2) is 8.42 Å². The summed E-state index contributed by atoms with van der Waals surface area (Å²) in [6, 6.07) is 5.88. The summed E-state index contributed by atoms with van der Waals surface area (Å²) in [6.07, 6.45) is 1.58. The summed E-state index contributed by atoms with van der Waals surface area (Å²) in [4.78, 5) is 12.3. The van der Waals surface area contributed by atoms with Crippen molar-refractivity contribution in [3.05, 3.63) is 29.8 Å². The molecule has 2 unspecified atom stereocenters. The summed E-state index contributed by atoms with van der Waals surface area (Å²) >= 11 is 0. The highest BCUT2D eigenvalue weighted by Crippen LogP contribution is 2.26. The van der Waals surface area contributed by atoms with Crippen LogP contribution in [0, 0.1) is 0 Å². The van der Waals surface area contributed by atoms with Crippen LogP contribution in [0.15, 0.2) is 29.2 Å². The summed E-state index contributed by atoms with van der Waals surface area (Å²) in [5.74, 6) is -0.151. The summed E-state index contributed by atoms with van der Waals surface area (Å²) in [5, 5.41) is 2.89. The fraction of sp³-hybridized carbons (Fsp3) is 0.500. The van der Waals surface area contributed by atoms with Crippen LogP contribution in [-0.2, 0) is 18.6 Å². The number of ether oxygens (including phenoxy) is 1. The number of rotatable bonds is 4. The van der Waals surface area contributed by atoms with E-state index in [2.05, 4.69) is 5.32 Å². The molecule has 0 spiro atoms. The Bertz CT molecular complexity index is 621. The molecule has 1 aliphatic rings. The molecule has 1 aromatic carbocycles. The van der Waals surface area contributed by atoms with E-state index in [-0.39, 0.29) is 16.8 Å². The lowest BCUT2D eigenvalue weighted by atomic mass is 10.0. The van der Waals surface area contributed by atoms with Crippen molar-refractivity contribution in [2.24, 2.45) is 0 Å². The van der Waals surface area contributed by atoms with E-state index < -0.39 is 14.7 Å². The maximum Gasteiger partial charge on any atom is 0.261 e. The van der Waals surface area contributed by atoms with Gasteiger partial charge in [0, 0.05) is 17.3 Å². The predicted molar refractivity (Wildman–Crippen MR) is 79.6 cm³/mol. The van der Waals surface area contributed by atoms with Crippen LogP contribution in [0.4, 0.5) is 0 Å². The summed E-state index contributed by atoms with van der Waals surface area (Å²) in [7, 11) is 1.54. The third kappa shape index (κ3) is 3.75. The third-order valence-electron chi connectivity index (χ3n) is 3.71. The number of hydrogen-bond acceptors (Lipinski definition) is 4. The Labute approximate surface area is 129 Å². The maximum atomic E-state index is 12.2. The minimum absolute atomic E-state index is 0.0394. The van der Waals surface area contributed by atoms with Crippen LogP contribution in [0.3, 0.4) is 0 Å². The predicted octanol–water partition coefficient (Wildman–Crippen LogP) is 2.36. The summed E-state index contributed by atoms with van der Waals surface area (Å²) < 4.78 is 27.9. The fourth-order valence-corrected chi connectivity index (χ4v) is 3.08. The van der Waals surface area contributed by atoms with E-state index in [1.807, 2.05) is 6.92 Å². The van der Waals surface area contributed by atoms with Crippen molar-refractivity contribution in [3.8, 4) is 0 Å². The molecule has 7 heteroatoms. The van der Waals surface area contributed by atoms with E-state index in [1.54, 1.807) is 19.1 Å². The standard InChI is InChI=1S/C14H18ClNO4S/c1-10(16-13(17)14(2)8-3-9-20-14)11-4-6-12(7-5-11)21(15,18)19/h4-7,10H,3,8-9H2,1-2H3,(H,16,17). The molecule has 0 aliphatic carbocycles. The number of benzene rings is 1. The molecule has 1 N–H and O–H groups in total. The molecule has 0 radical (unpaired) electrons. The molecule has 0 saturated carbocycles. The number of carbonyl (C=O) groups is 1. The van der Waals surface area contributed by atoms with Crippen LogP contribution in [-0.4, -0.2) is 26.5 Å². The molecule has 1 aliphatic heterocycles. The minimum Gasteiger partial charge on any atom is -0.365 e. The lowest BCUT2D eigenvalue weighted by molar-refractivity contribution is -0.140. The second kappa shape index (κ2) is 5.94. The lowest BCUT2D eigenvalue weighted by Gasteiger charge is -2.25. The largest absolute Gasteiger partial charge is 0.365 e. The third-order valence-corrected chi connectivity index (χ3v) is 5.08. The van der Waals surface area contributed by atoms with Gasteiger partial charge in [-0.15, -0.1) is 0 Å². The first-order valence-corrected chi connectivity index (χ1v) is 9.03. The normalized spacial score (nSPS) is 23.8. The Balaban J connectivity index is 2.06. The second-order valence-corrected chi connectivity index (χ2v) is 7.95. The van der Waals surface area contributed by atoms with Crippen LogP contribution in [0.5, 0.6) is 0 Å². The molecular weight excluding hydrogens is 314 g/mol. The van der Waals surface area contributed by atoms with Gasteiger partial charge in [-0.3, -0.25) is 4.79 Å². The zero-order chi connectivity index (χ0) is 15.7. The van der Waals surface area contributed by atoms with Crippen molar-refractivity contribution in [1.82, 2.24) is 5.32 Å². The quantitative estimate of drug-likeness (QED) is 0.860. The molecule has 2 atom stereocenters. The van der Waals surface area contributed by atoms with Gasteiger partial charge in [0.2, 0.25) is 0 Å². The molecule has 21 heavy (non-hydrogen) atoms. The van der Waals surface area contributed by atoms with Crippen LogP contribution >= 0.6 is 10.7 Å². The van der Waals surface area contributed by atoms with Gasteiger partial charge in [0.15, 0.2) is 0 Å². The fourth-order valence-electron chi connectivity index (χ4n) is 2.31. The van der Waals surface area contributed by atoms with E-state index in [4.69, 9.17) is 15.4 Å². The minimum atomic E-state index is -3.73. The van der Waals surface area contributed by atoms with E-state index in [1.165, 1.54) is 12.1 Å². The Hall–Kier alpha value is -1.11. The monoisotopic (exact) mass is 331 g/mol. The Morgan fingerprint density at radius 1 is 1.38 bits per heavy atom. The highest BCUT2D eigenvalue weighted by atomic mass is 35.7. The van der Waals surface area contributed by atoms with Gasteiger partial charge in [-0.2, -0.15) is 0 Å². The maximum absolute atomic E-state index is 12.2. The van der Waals surface area contributed by atoms with E-state index in [0.29, 0.717) is 13.0 Å². The van der Waals surface area contributed by atoms with Crippen LogP contribution < -0.4 is 5.32 Å². The first-order chi connectivity index (χ1) is 9.72. The van der Waals surface area contributed by atoms with Crippen molar-refractivity contribution in [1.29, 1.82) is 0 Å². The van der Waals surface area contributed by atoms with Crippen molar-refractivity contribution in [3.63, 3.8) is 0 Å². The molecule has 0 bridgehead atoms. The molecule has 116 valence electrons. The van der Waals surface area contributed by atoms with Gasteiger partial charge in [0.1, 0.15) is 5.60 Å². The molecule has 1 fully saturated rings. The van der Waals surface area contributed by atoms with Gasteiger partial charge in [-0.1, -0.05) is 12.1 Å². The second-order valence-electron chi connectivity index (χ2n) is 5.38. The van der Waals surface area contributed by atoms with Crippen LogP contribution in [0.2, 0.25) is 0 Å². The molecule has 1 amide bonds. The van der Waals surface area contributed by atoms with Crippen molar-refractivity contribution < 1.29 is 17.9 Å². The van der Waals surface area contributed by atoms with E-state index in [9.17, 15) is 13.2 Å². The Morgan fingerprint density at radius 2 is 2.00 bits per heavy atom. The number of nitrogens with one attached hydrogen (secondary N) is 1. The van der Waals surface area contributed by atoms with E-state index >= 15 is 0 Å². The topological polar surface area (TPSA) is 72.5 Å². The smallest absolute Gasteiger partial charge is 0.261 e. The molecule has 5 nitrogen and oxygen atoms in total. The highest BCUT2D eigenvalue weighted by Gasteiger charge is 2.38. The van der Waals surface area contributed by atoms with Crippen molar-refractivity contribution >= 4 is 25.6 Å². The first kappa shape index (κ1) is 16.3. The average molecular weight is 332 g/mol. The summed E-state index contributed by atoms with van der Waals surface area (Å²) in [6.45, 7) is 4.21. The first-order valence-electron chi connectivity index (χ1n) is 6.72.